The molecule has 1 atom stereocenters. The van der Waals surface area contributed by atoms with Crippen LogP contribution >= 0.6 is 11.6 Å². The molecule has 1 N–H and O–H groups in total. The first-order valence-electron chi connectivity index (χ1n) is 9.87. The van der Waals surface area contributed by atoms with Crippen molar-refractivity contribution in [2.45, 2.75) is 19.4 Å². The lowest BCUT2D eigenvalue weighted by atomic mass is 10.0. The number of aromatic amines is 1. The van der Waals surface area contributed by atoms with Gasteiger partial charge in [0.1, 0.15) is 6.04 Å². The van der Waals surface area contributed by atoms with Crippen LogP contribution in [0.15, 0.2) is 53.5 Å². The van der Waals surface area contributed by atoms with Crippen molar-refractivity contribution in [2.75, 3.05) is 11.4 Å². The summed E-state index contributed by atoms with van der Waals surface area (Å²) in [6.45, 7) is 2.59. The molecule has 0 spiro atoms. The SMILES string of the molecule is Cc1ncccc1-c1nnc(N2CCc3[nH]cnc3[C@H]2c2cc3c(Cl)cccn3n2)o1. The van der Waals surface area contributed by atoms with Crippen LogP contribution in [0.2, 0.25) is 5.02 Å². The topological polar surface area (TPSA) is 101 Å². The number of fused-ring (bicyclic) bond motifs is 2. The fraction of sp³-hybridized carbons (Fsp3) is 0.190. The van der Waals surface area contributed by atoms with Gasteiger partial charge in [-0.3, -0.25) is 4.98 Å². The van der Waals surface area contributed by atoms with Gasteiger partial charge in [-0.15, -0.1) is 5.10 Å². The molecule has 0 unspecified atom stereocenters. The summed E-state index contributed by atoms with van der Waals surface area (Å²) in [6, 6.07) is 9.60. The number of hydrogen-bond acceptors (Lipinski definition) is 7. The molecule has 0 amide bonds. The van der Waals surface area contributed by atoms with Crippen molar-refractivity contribution < 1.29 is 4.42 Å². The van der Waals surface area contributed by atoms with Crippen LogP contribution in [0.1, 0.15) is 28.8 Å². The molecule has 0 radical (unpaired) electrons. The number of H-pyrrole nitrogens is 1. The van der Waals surface area contributed by atoms with E-state index in [2.05, 4.69) is 25.1 Å². The highest BCUT2D eigenvalue weighted by atomic mass is 35.5. The lowest BCUT2D eigenvalue weighted by Gasteiger charge is -2.32. The Hall–Kier alpha value is -3.72. The Balaban J connectivity index is 1.46. The molecule has 9 nitrogen and oxygen atoms in total. The van der Waals surface area contributed by atoms with E-state index in [1.807, 2.05) is 48.4 Å². The molecule has 5 aromatic rings. The maximum absolute atomic E-state index is 6.38. The standard InChI is InChI=1S/C21H17ClN8O/c1-12-13(4-2-7-23-12)20-26-27-21(31-20)29-9-6-15-18(25-11-24-15)19(29)16-10-17-14(22)5-3-8-30(17)28-16/h2-5,7-8,10-11,19H,6,9H2,1H3,(H,24,25)/t19-/m1/s1. The van der Waals surface area contributed by atoms with Crippen LogP contribution in [-0.2, 0) is 6.42 Å². The van der Waals surface area contributed by atoms with E-state index in [-0.39, 0.29) is 6.04 Å². The zero-order valence-electron chi connectivity index (χ0n) is 16.5. The summed E-state index contributed by atoms with van der Waals surface area (Å²) in [5, 5.41) is 14.0. The molecule has 10 heteroatoms. The first-order chi connectivity index (χ1) is 15.2. The van der Waals surface area contributed by atoms with Gasteiger partial charge in [-0.2, -0.15) is 5.10 Å². The van der Waals surface area contributed by atoms with Crippen molar-refractivity contribution in [1.29, 1.82) is 0 Å². The predicted octanol–water partition coefficient (Wildman–Crippen LogP) is 3.62. The molecule has 0 aliphatic carbocycles. The Morgan fingerprint density at radius 1 is 1.19 bits per heavy atom. The number of rotatable bonds is 3. The molecular weight excluding hydrogens is 416 g/mol. The van der Waals surface area contributed by atoms with Crippen molar-refractivity contribution >= 4 is 23.1 Å². The molecule has 0 bridgehead atoms. The molecule has 0 saturated carbocycles. The van der Waals surface area contributed by atoms with E-state index < -0.39 is 0 Å². The van der Waals surface area contributed by atoms with Gasteiger partial charge in [0.05, 0.1) is 33.8 Å². The van der Waals surface area contributed by atoms with Crippen LogP contribution in [-0.4, -0.2) is 41.3 Å². The molecule has 0 fully saturated rings. The van der Waals surface area contributed by atoms with Crippen molar-refractivity contribution in [3.8, 4) is 11.5 Å². The second-order valence-corrected chi connectivity index (χ2v) is 7.80. The van der Waals surface area contributed by atoms with Crippen molar-refractivity contribution in [2.24, 2.45) is 0 Å². The fourth-order valence-corrected chi connectivity index (χ4v) is 4.28. The maximum Gasteiger partial charge on any atom is 0.319 e. The van der Waals surface area contributed by atoms with E-state index >= 15 is 0 Å². The third kappa shape index (κ3) is 2.89. The van der Waals surface area contributed by atoms with E-state index in [1.165, 1.54) is 0 Å². The van der Waals surface area contributed by atoms with Crippen LogP contribution in [0.5, 0.6) is 0 Å². The van der Waals surface area contributed by atoms with Gasteiger partial charge >= 0.3 is 6.01 Å². The van der Waals surface area contributed by atoms with Crippen LogP contribution in [0.3, 0.4) is 0 Å². The molecular formula is C21H17ClN8O. The third-order valence-corrected chi connectivity index (χ3v) is 5.89. The number of nitrogens with one attached hydrogen (secondary N) is 1. The zero-order valence-corrected chi connectivity index (χ0v) is 17.3. The van der Waals surface area contributed by atoms with Gasteiger partial charge in [0.2, 0.25) is 0 Å². The molecule has 5 aromatic heterocycles. The summed E-state index contributed by atoms with van der Waals surface area (Å²) in [7, 11) is 0. The Kier molecular flexibility index (Phi) is 4.03. The number of imidazole rings is 1. The average molecular weight is 433 g/mol. The predicted molar refractivity (Wildman–Crippen MR) is 114 cm³/mol. The molecule has 0 saturated heterocycles. The van der Waals surface area contributed by atoms with Gasteiger partial charge in [0, 0.05) is 36.7 Å². The lowest BCUT2D eigenvalue weighted by Crippen LogP contribution is -2.36. The summed E-state index contributed by atoms with van der Waals surface area (Å²) < 4.78 is 7.87. The Labute approximate surface area is 181 Å². The fourth-order valence-electron chi connectivity index (χ4n) is 4.07. The molecule has 1 aliphatic rings. The summed E-state index contributed by atoms with van der Waals surface area (Å²) in [4.78, 5) is 14.2. The number of hydrogen-bond donors (Lipinski definition) is 1. The minimum Gasteiger partial charge on any atom is -0.403 e. The van der Waals surface area contributed by atoms with Gasteiger partial charge in [0.25, 0.3) is 5.89 Å². The Morgan fingerprint density at radius 3 is 3.00 bits per heavy atom. The third-order valence-electron chi connectivity index (χ3n) is 5.57. The van der Waals surface area contributed by atoms with Crippen molar-refractivity contribution in [3.05, 3.63) is 76.9 Å². The summed E-state index contributed by atoms with van der Waals surface area (Å²) in [5.74, 6) is 0.435. The summed E-state index contributed by atoms with van der Waals surface area (Å²) >= 11 is 6.38. The minimum absolute atomic E-state index is 0.283. The quantitative estimate of drug-likeness (QED) is 0.464. The minimum atomic E-state index is -0.283. The molecule has 154 valence electrons. The van der Waals surface area contributed by atoms with Gasteiger partial charge in [0.15, 0.2) is 0 Å². The van der Waals surface area contributed by atoms with E-state index in [9.17, 15) is 0 Å². The largest absolute Gasteiger partial charge is 0.403 e. The van der Waals surface area contributed by atoms with E-state index in [0.717, 1.165) is 40.3 Å². The van der Waals surface area contributed by atoms with E-state index in [4.69, 9.17) is 21.1 Å². The Morgan fingerprint density at radius 2 is 2.13 bits per heavy atom. The normalized spacial score (nSPS) is 16.1. The number of pyridine rings is 2. The Bertz CT molecular complexity index is 1400. The van der Waals surface area contributed by atoms with Crippen molar-refractivity contribution in [3.63, 3.8) is 0 Å². The highest BCUT2D eigenvalue weighted by Gasteiger charge is 2.36. The maximum atomic E-state index is 6.38. The number of aryl methyl sites for hydroxylation is 1. The molecule has 1 aliphatic heterocycles. The summed E-state index contributed by atoms with van der Waals surface area (Å²) in [6.07, 6.45) is 6.11. The molecule has 6 rings (SSSR count). The van der Waals surface area contributed by atoms with Crippen LogP contribution in [0.25, 0.3) is 17.0 Å². The number of nitrogens with zero attached hydrogens (tertiary/aromatic N) is 7. The van der Waals surface area contributed by atoms with Gasteiger partial charge in [-0.05, 0) is 37.3 Å². The highest BCUT2D eigenvalue weighted by molar-refractivity contribution is 6.33. The number of anilines is 1. The van der Waals surface area contributed by atoms with Gasteiger partial charge in [-0.1, -0.05) is 16.7 Å². The first-order valence-corrected chi connectivity index (χ1v) is 10.2. The van der Waals surface area contributed by atoms with Crippen LogP contribution in [0.4, 0.5) is 6.01 Å². The second-order valence-electron chi connectivity index (χ2n) is 7.39. The van der Waals surface area contributed by atoms with Crippen LogP contribution in [0, 0.1) is 6.92 Å². The second kappa shape index (κ2) is 6.92. The lowest BCUT2D eigenvalue weighted by molar-refractivity contribution is 0.503. The molecule has 0 aromatic carbocycles. The van der Waals surface area contributed by atoms with E-state index in [0.29, 0.717) is 23.5 Å². The first kappa shape index (κ1) is 18.1. The average Bonchev–Trinajstić information content (AvgIpc) is 3.52. The number of aromatic nitrogens is 7. The smallest absolute Gasteiger partial charge is 0.319 e. The van der Waals surface area contributed by atoms with Gasteiger partial charge in [-0.25, -0.2) is 9.50 Å². The summed E-state index contributed by atoms with van der Waals surface area (Å²) in [5.41, 5.74) is 5.25. The van der Waals surface area contributed by atoms with E-state index in [1.54, 1.807) is 17.0 Å². The van der Waals surface area contributed by atoms with Crippen molar-refractivity contribution in [1.82, 2.24) is 34.8 Å². The molecule has 31 heavy (non-hydrogen) atoms. The number of halogens is 1. The highest BCUT2D eigenvalue weighted by Crippen LogP contribution is 2.37. The zero-order chi connectivity index (χ0) is 20.9. The monoisotopic (exact) mass is 432 g/mol. The van der Waals surface area contributed by atoms with Gasteiger partial charge < -0.3 is 14.3 Å². The molecule has 6 heterocycles. The van der Waals surface area contributed by atoms with Crippen LogP contribution < -0.4 is 4.90 Å².